The highest BCUT2D eigenvalue weighted by atomic mass is 79.9. The van der Waals surface area contributed by atoms with Crippen molar-refractivity contribution in [2.24, 2.45) is 5.73 Å². The van der Waals surface area contributed by atoms with E-state index < -0.39 is 0 Å². The number of aromatic hydroxyl groups is 1. The van der Waals surface area contributed by atoms with Crippen LogP contribution in [0.1, 0.15) is 29.6 Å². The number of hydrogen-bond donors (Lipinski definition) is 3. The lowest BCUT2D eigenvalue weighted by Crippen LogP contribution is -2.24. The van der Waals surface area contributed by atoms with Crippen LogP contribution in [0.25, 0.3) is 0 Å². The Labute approximate surface area is 120 Å². The first-order chi connectivity index (χ1) is 8.50. The van der Waals surface area contributed by atoms with E-state index in [1.165, 1.54) is 6.07 Å². The van der Waals surface area contributed by atoms with Gasteiger partial charge in [0.05, 0.1) is 10.6 Å². The van der Waals surface area contributed by atoms with Gasteiger partial charge in [-0.1, -0.05) is 28.1 Å². The van der Waals surface area contributed by atoms with Crippen LogP contribution < -0.4 is 11.1 Å². The number of amides is 1. The number of hydrogen-bond acceptors (Lipinski definition) is 3. The summed E-state index contributed by atoms with van der Waals surface area (Å²) >= 11 is 8.01. The van der Waals surface area contributed by atoms with Crippen molar-refractivity contribution < 1.29 is 9.90 Å². The van der Waals surface area contributed by atoms with Crippen molar-refractivity contribution in [2.45, 2.75) is 19.3 Å². The van der Waals surface area contributed by atoms with Crippen molar-refractivity contribution in [3.8, 4) is 5.75 Å². The summed E-state index contributed by atoms with van der Waals surface area (Å²) in [4.78, 5) is 12.3. The summed E-state index contributed by atoms with van der Waals surface area (Å²) in [5, 5.41) is 12.3. The Morgan fingerprint density at radius 2 is 2.17 bits per heavy atom. The van der Waals surface area contributed by atoms with Gasteiger partial charge in [-0.3, -0.25) is 4.79 Å². The van der Waals surface area contributed by atoms with Crippen molar-refractivity contribution >= 4 is 39.0 Å². The van der Waals surface area contributed by atoms with E-state index >= 15 is 0 Å². The lowest BCUT2D eigenvalue weighted by atomic mass is 10.2. The van der Waals surface area contributed by atoms with Gasteiger partial charge in [-0.25, -0.2) is 0 Å². The van der Waals surface area contributed by atoms with Gasteiger partial charge in [0, 0.05) is 11.0 Å². The zero-order valence-electron chi connectivity index (χ0n) is 9.78. The molecule has 0 radical (unpaired) electrons. The first kappa shape index (κ1) is 14.9. The van der Waals surface area contributed by atoms with Gasteiger partial charge >= 0.3 is 0 Å². The number of phenols is 1. The average molecular weight is 331 g/mol. The van der Waals surface area contributed by atoms with E-state index in [-0.39, 0.29) is 17.2 Å². The maximum atomic E-state index is 11.8. The van der Waals surface area contributed by atoms with Crippen molar-refractivity contribution in [2.75, 3.05) is 6.54 Å². The molecule has 1 aromatic carbocycles. The van der Waals surface area contributed by atoms with Crippen LogP contribution in [0.15, 0.2) is 22.7 Å². The fourth-order valence-corrected chi connectivity index (χ4v) is 1.92. The number of rotatable bonds is 6. The number of carbonyl (C=O) groups is 1. The number of phenolic OH excluding ortho intramolecular Hbond substituents is 1. The zero-order chi connectivity index (χ0) is 13.5. The third-order valence-electron chi connectivity index (χ3n) is 2.34. The Bertz CT molecular complexity index is 452. The van der Waals surface area contributed by atoms with Crippen molar-refractivity contribution in [3.63, 3.8) is 0 Å². The van der Waals surface area contributed by atoms with E-state index in [0.717, 1.165) is 17.3 Å². The van der Waals surface area contributed by atoms with Crippen LogP contribution in [-0.4, -0.2) is 22.5 Å². The SMILES string of the molecule is NC(=S)CCCCNC(=O)c1cc(Br)ccc1O. The van der Waals surface area contributed by atoms with Crippen LogP contribution in [-0.2, 0) is 0 Å². The number of carbonyl (C=O) groups excluding carboxylic acids is 1. The van der Waals surface area contributed by atoms with Gasteiger partial charge < -0.3 is 16.2 Å². The quantitative estimate of drug-likeness (QED) is 0.552. The van der Waals surface area contributed by atoms with Crippen molar-refractivity contribution in [1.29, 1.82) is 0 Å². The molecule has 0 aliphatic heterocycles. The highest BCUT2D eigenvalue weighted by Gasteiger charge is 2.10. The third-order valence-corrected chi connectivity index (χ3v) is 3.04. The molecule has 0 saturated carbocycles. The molecule has 0 unspecified atom stereocenters. The number of nitrogens with one attached hydrogen (secondary N) is 1. The van der Waals surface area contributed by atoms with Gasteiger partial charge in [0.15, 0.2) is 0 Å². The number of nitrogens with two attached hydrogens (primary N) is 1. The topological polar surface area (TPSA) is 75.3 Å². The van der Waals surface area contributed by atoms with Crippen molar-refractivity contribution in [1.82, 2.24) is 5.32 Å². The van der Waals surface area contributed by atoms with E-state index in [0.29, 0.717) is 18.0 Å². The summed E-state index contributed by atoms with van der Waals surface area (Å²) < 4.78 is 0.749. The molecule has 0 atom stereocenters. The normalized spacial score (nSPS) is 10.1. The predicted octanol–water partition coefficient (Wildman–Crippen LogP) is 2.34. The lowest BCUT2D eigenvalue weighted by molar-refractivity contribution is 0.0950. The summed E-state index contributed by atoms with van der Waals surface area (Å²) in [6.07, 6.45) is 2.34. The molecular formula is C12H15BrN2O2S. The molecule has 4 N–H and O–H groups in total. The molecular weight excluding hydrogens is 316 g/mol. The average Bonchev–Trinajstić information content (AvgIpc) is 2.31. The van der Waals surface area contributed by atoms with Crippen LogP contribution in [0.4, 0.5) is 0 Å². The van der Waals surface area contributed by atoms with Gasteiger partial charge in [-0.2, -0.15) is 0 Å². The minimum Gasteiger partial charge on any atom is -0.507 e. The van der Waals surface area contributed by atoms with Gasteiger partial charge in [0.1, 0.15) is 5.75 Å². The highest BCUT2D eigenvalue weighted by Crippen LogP contribution is 2.21. The number of unbranched alkanes of at least 4 members (excludes halogenated alkanes) is 1. The van der Waals surface area contributed by atoms with Gasteiger partial charge in [0.25, 0.3) is 5.91 Å². The maximum absolute atomic E-state index is 11.8. The fraction of sp³-hybridized carbons (Fsp3) is 0.333. The first-order valence-electron chi connectivity index (χ1n) is 5.55. The minimum absolute atomic E-state index is 0.0289. The minimum atomic E-state index is -0.288. The van der Waals surface area contributed by atoms with Gasteiger partial charge in [-0.15, -0.1) is 0 Å². The Hall–Kier alpha value is -1.14. The second-order valence-corrected chi connectivity index (χ2v) is 5.28. The number of thiocarbonyl (C=S) groups is 1. The standard InChI is InChI=1S/C12H15BrN2O2S/c13-8-4-5-10(16)9(7-8)12(17)15-6-2-1-3-11(14)18/h4-5,7,16H,1-3,6H2,(H2,14,18)(H,15,17). The van der Waals surface area contributed by atoms with E-state index in [2.05, 4.69) is 21.2 Å². The zero-order valence-corrected chi connectivity index (χ0v) is 12.2. The second-order valence-electron chi connectivity index (χ2n) is 3.84. The monoisotopic (exact) mass is 330 g/mol. The Morgan fingerprint density at radius 1 is 1.44 bits per heavy atom. The molecule has 6 heteroatoms. The van der Waals surface area contributed by atoms with Crippen LogP contribution in [0.3, 0.4) is 0 Å². The highest BCUT2D eigenvalue weighted by molar-refractivity contribution is 9.10. The summed E-state index contributed by atoms with van der Waals surface area (Å²) in [5.41, 5.74) is 5.63. The molecule has 98 valence electrons. The molecule has 0 fully saturated rings. The van der Waals surface area contributed by atoms with E-state index in [1.54, 1.807) is 12.1 Å². The van der Waals surface area contributed by atoms with Crippen LogP contribution in [0.5, 0.6) is 5.75 Å². The van der Waals surface area contributed by atoms with Crippen molar-refractivity contribution in [3.05, 3.63) is 28.2 Å². The number of benzene rings is 1. The summed E-state index contributed by atoms with van der Waals surface area (Å²) in [7, 11) is 0. The summed E-state index contributed by atoms with van der Waals surface area (Å²) in [5.74, 6) is -0.317. The molecule has 1 aromatic rings. The second kappa shape index (κ2) is 7.33. The van der Waals surface area contributed by atoms with Gasteiger partial charge in [-0.05, 0) is 37.5 Å². The maximum Gasteiger partial charge on any atom is 0.255 e. The molecule has 1 amide bonds. The first-order valence-corrected chi connectivity index (χ1v) is 6.76. The Balaban J connectivity index is 2.41. The van der Waals surface area contributed by atoms with E-state index in [4.69, 9.17) is 18.0 Å². The van der Waals surface area contributed by atoms with E-state index in [9.17, 15) is 9.90 Å². The third kappa shape index (κ3) is 5.01. The molecule has 0 spiro atoms. The van der Waals surface area contributed by atoms with E-state index in [1.807, 2.05) is 0 Å². The lowest BCUT2D eigenvalue weighted by Gasteiger charge is -2.07. The molecule has 0 aliphatic carbocycles. The predicted molar refractivity (Wildman–Crippen MR) is 78.8 cm³/mol. The fourth-order valence-electron chi connectivity index (χ4n) is 1.41. The number of halogens is 1. The van der Waals surface area contributed by atoms with Crippen LogP contribution in [0.2, 0.25) is 0 Å². The molecule has 0 heterocycles. The largest absolute Gasteiger partial charge is 0.507 e. The van der Waals surface area contributed by atoms with Crippen LogP contribution >= 0.6 is 28.1 Å². The molecule has 0 aliphatic rings. The Kier molecular flexibility index (Phi) is 6.07. The molecule has 0 bridgehead atoms. The molecule has 1 rings (SSSR count). The molecule has 0 saturated heterocycles. The van der Waals surface area contributed by atoms with Crippen LogP contribution in [0, 0.1) is 0 Å². The summed E-state index contributed by atoms with van der Waals surface area (Å²) in [6, 6.07) is 4.74. The Morgan fingerprint density at radius 3 is 2.83 bits per heavy atom. The molecule has 4 nitrogen and oxygen atoms in total. The summed E-state index contributed by atoms with van der Waals surface area (Å²) in [6.45, 7) is 0.535. The molecule has 0 aromatic heterocycles. The molecule has 18 heavy (non-hydrogen) atoms. The smallest absolute Gasteiger partial charge is 0.255 e. The van der Waals surface area contributed by atoms with Gasteiger partial charge in [0.2, 0.25) is 0 Å².